The zero-order valence-corrected chi connectivity index (χ0v) is 12.4. The Morgan fingerprint density at radius 3 is 2.29 bits per heavy atom. The molecule has 0 amide bonds. The van der Waals surface area contributed by atoms with E-state index >= 15 is 0 Å². The highest BCUT2D eigenvalue weighted by molar-refractivity contribution is 5.85. The van der Waals surface area contributed by atoms with Crippen molar-refractivity contribution in [3.8, 4) is 0 Å². The van der Waals surface area contributed by atoms with Gasteiger partial charge in [0.15, 0.2) is 0 Å². The molecular weight excluding hydrogens is 255 g/mol. The minimum Gasteiger partial charge on any atom is -0.330 e. The summed E-state index contributed by atoms with van der Waals surface area (Å²) < 4.78 is 0. The highest BCUT2D eigenvalue weighted by Crippen LogP contribution is 2.27. The molecule has 0 aromatic rings. The third-order valence-corrected chi connectivity index (χ3v) is 4.22. The van der Waals surface area contributed by atoms with Gasteiger partial charge in [-0.1, -0.05) is 19.3 Å². The van der Waals surface area contributed by atoms with Crippen LogP contribution in [0.25, 0.3) is 0 Å². The molecule has 1 atom stereocenters. The number of rotatable bonds is 3. The molecule has 2 fully saturated rings. The second kappa shape index (κ2) is 9.43. The van der Waals surface area contributed by atoms with E-state index in [2.05, 4.69) is 4.90 Å². The molecule has 2 nitrogen and oxygen atoms in total. The highest BCUT2D eigenvalue weighted by Gasteiger charge is 2.26. The van der Waals surface area contributed by atoms with E-state index in [-0.39, 0.29) is 24.8 Å². The molecule has 2 N–H and O–H groups in total. The minimum absolute atomic E-state index is 0. The van der Waals surface area contributed by atoms with E-state index in [0.29, 0.717) is 0 Å². The van der Waals surface area contributed by atoms with Crippen LogP contribution in [0.15, 0.2) is 0 Å². The fourth-order valence-corrected chi connectivity index (χ4v) is 3.35. The zero-order chi connectivity index (χ0) is 10.5. The van der Waals surface area contributed by atoms with Crippen LogP contribution in [-0.4, -0.2) is 30.6 Å². The normalized spacial score (nSPS) is 27.0. The number of halogens is 2. The molecule has 0 bridgehead atoms. The largest absolute Gasteiger partial charge is 0.330 e. The summed E-state index contributed by atoms with van der Waals surface area (Å²) in [5.74, 6) is 0.894. The van der Waals surface area contributed by atoms with E-state index in [4.69, 9.17) is 5.73 Å². The SMILES string of the molecule is Cl.Cl.NCCC1CCCN(C2CCCCC2)C1. The van der Waals surface area contributed by atoms with E-state index in [0.717, 1.165) is 18.5 Å². The molecular formula is C13H28Cl2N2. The van der Waals surface area contributed by atoms with Crippen LogP contribution in [0, 0.1) is 5.92 Å². The Morgan fingerprint density at radius 2 is 1.65 bits per heavy atom. The van der Waals surface area contributed by atoms with Crippen LogP contribution >= 0.6 is 24.8 Å². The molecule has 0 aromatic heterocycles. The maximum absolute atomic E-state index is 5.66. The van der Waals surface area contributed by atoms with E-state index in [9.17, 15) is 0 Å². The molecule has 1 saturated carbocycles. The van der Waals surface area contributed by atoms with Crippen LogP contribution in [0.4, 0.5) is 0 Å². The molecule has 4 heteroatoms. The van der Waals surface area contributed by atoms with Crippen molar-refractivity contribution in [2.75, 3.05) is 19.6 Å². The average Bonchev–Trinajstić information content (AvgIpc) is 2.31. The molecule has 104 valence electrons. The lowest BCUT2D eigenvalue weighted by molar-refractivity contribution is 0.0963. The Balaban J connectivity index is 0.00000128. The van der Waals surface area contributed by atoms with Crippen molar-refractivity contribution in [3.05, 3.63) is 0 Å². The van der Waals surface area contributed by atoms with Crippen LogP contribution in [0.5, 0.6) is 0 Å². The lowest BCUT2D eigenvalue weighted by Crippen LogP contribution is -2.43. The third-order valence-electron chi connectivity index (χ3n) is 4.22. The van der Waals surface area contributed by atoms with Gasteiger partial charge in [0.25, 0.3) is 0 Å². The van der Waals surface area contributed by atoms with Crippen molar-refractivity contribution in [1.82, 2.24) is 4.90 Å². The average molecular weight is 283 g/mol. The Morgan fingerprint density at radius 1 is 0.941 bits per heavy atom. The molecule has 1 unspecified atom stereocenters. The first-order chi connectivity index (χ1) is 7.40. The molecule has 1 aliphatic carbocycles. The summed E-state index contributed by atoms with van der Waals surface area (Å²) in [7, 11) is 0. The first kappa shape index (κ1) is 17.5. The Labute approximate surface area is 119 Å². The highest BCUT2D eigenvalue weighted by atomic mass is 35.5. The van der Waals surface area contributed by atoms with Gasteiger partial charge in [-0.05, 0) is 51.1 Å². The van der Waals surface area contributed by atoms with Gasteiger partial charge in [-0.25, -0.2) is 0 Å². The van der Waals surface area contributed by atoms with Gasteiger partial charge in [-0.2, -0.15) is 0 Å². The van der Waals surface area contributed by atoms with Gasteiger partial charge in [0.1, 0.15) is 0 Å². The molecule has 0 aromatic carbocycles. The zero-order valence-electron chi connectivity index (χ0n) is 10.8. The summed E-state index contributed by atoms with van der Waals surface area (Å²) in [5.41, 5.74) is 5.66. The van der Waals surface area contributed by atoms with Crippen molar-refractivity contribution < 1.29 is 0 Å². The molecule has 17 heavy (non-hydrogen) atoms. The number of nitrogens with two attached hydrogens (primary N) is 1. The quantitative estimate of drug-likeness (QED) is 0.861. The first-order valence-corrected chi connectivity index (χ1v) is 6.84. The predicted molar refractivity (Wildman–Crippen MR) is 79.3 cm³/mol. The lowest BCUT2D eigenvalue weighted by Gasteiger charge is -2.40. The molecule has 1 aliphatic heterocycles. The fraction of sp³-hybridized carbons (Fsp3) is 1.00. The Bertz CT molecular complexity index is 182. The lowest BCUT2D eigenvalue weighted by atomic mass is 9.89. The molecule has 1 saturated heterocycles. The van der Waals surface area contributed by atoms with Crippen LogP contribution in [0.1, 0.15) is 51.4 Å². The minimum atomic E-state index is 0. The summed E-state index contributed by atoms with van der Waals surface area (Å²) >= 11 is 0. The van der Waals surface area contributed by atoms with Gasteiger partial charge >= 0.3 is 0 Å². The standard InChI is InChI=1S/C13H26N2.2ClH/c14-9-8-12-5-4-10-15(11-12)13-6-2-1-3-7-13;;/h12-13H,1-11,14H2;2*1H. The maximum Gasteiger partial charge on any atom is 0.00953 e. The molecule has 2 rings (SSSR count). The van der Waals surface area contributed by atoms with Gasteiger partial charge in [-0.15, -0.1) is 24.8 Å². The van der Waals surface area contributed by atoms with Crippen LogP contribution < -0.4 is 5.73 Å². The summed E-state index contributed by atoms with van der Waals surface area (Å²) in [6.45, 7) is 3.57. The van der Waals surface area contributed by atoms with Crippen LogP contribution in [0.2, 0.25) is 0 Å². The van der Waals surface area contributed by atoms with Gasteiger partial charge in [-0.3, -0.25) is 0 Å². The smallest absolute Gasteiger partial charge is 0.00953 e. The molecule has 1 heterocycles. The van der Waals surface area contributed by atoms with Crippen LogP contribution in [-0.2, 0) is 0 Å². The van der Waals surface area contributed by atoms with Gasteiger partial charge in [0.2, 0.25) is 0 Å². The van der Waals surface area contributed by atoms with Crippen molar-refractivity contribution in [2.45, 2.75) is 57.4 Å². The summed E-state index contributed by atoms with van der Waals surface area (Å²) in [6.07, 6.45) is 11.4. The first-order valence-electron chi connectivity index (χ1n) is 6.84. The third kappa shape index (κ3) is 5.34. The second-order valence-corrected chi connectivity index (χ2v) is 5.37. The number of nitrogens with zero attached hydrogens (tertiary/aromatic N) is 1. The molecule has 0 radical (unpaired) electrons. The molecule has 0 spiro atoms. The van der Waals surface area contributed by atoms with Gasteiger partial charge in [0, 0.05) is 12.6 Å². The van der Waals surface area contributed by atoms with Crippen LogP contribution in [0.3, 0.4) is 0 Å². The van der Waals surface area contributed by atoms with Crippen molar-refractivity contribution in [2.24, 2.45) is 11.7 Å². The second-order valence-electron chi connectivity index (χ2n) is 5.37. The van der Waals surface area contributed by atoms with Crippen molar-refractivity contribution >= 4 is 24.8 Å². The van der Waals surface area contributed by atoms with Crippen molar-refractivity contribution in [1.29, 1.82) is 0 Å². The number of hydrogen-bond donors (Lipinski definition) is 1. The summed E-state index contributed by atoms with van der Waals surface area (Å²) in [6, 6.07) is 0.916. The summed E-state index contributed by atoms with van der Waals surface area (Å²) in [5, 5.41) is 0. The number of likely N-dealkylation sites (tertiary alicyclic amines) is 1. The summed E-state index contributed by atoms with van der Waals surface area (Å²) in [4.78, 5) is 2.77. The van der Waals surface area contributed by atoms with E-state index in [1.807, 2.05) is 0 Å². The number of hydrogen-bond acceptors (Lipinski definition) is 2. The predicted octanol–water partition coefficient (Wildman–Crippen LogP) is 3.22. The Kier molecular flexibility index (Phi) is 9.71. The fourth-order valence-electron chi connectivity index (χ4n) is 3.35. The van der Waals surface area contributed by atoms with E-state index in [1.54, 1.807) is 0 Å². The van der Waals surface area contributed by atoms with E-state index < -0.39 is 0 Å². The number of piperidine rings is 1. The maximum atomic E-state index is 5.66. The van der Waals surface area contributed by atoms with Gasteiger partial charge in [0.05, 0.1) is 0 Å². The molecule has 2 aliphatic rings. The van der Waals surface area contributed by atoms with Crippen molar-refractivity contribution in [3.63, 3.8) is 0 Å². The monoisotopic (exact) mass is 282 g/mol. The topological polar surface area (TPSA) is 29.3 Å². The van der Waals surface area contributed by atoms with E-state index in [1.165, 1.54) is 64.5 Å². The van der Waals surface area contributed by atoms with Gasteiger partial charge < -0.3 is 10.6 Å². The Hall–Kier alpha value is 0.500.